The summed E-state index contributed by atoms with van der Waals surface area (Å²) in [6.45, 7) is 0.824. The van der Waals surface area contributed by atoms with E-state index in [1.54, 1.807) is 36.3 Å². The van der Waals surface area contributed by atoms with E-state index in [1.807, 2.05) is 30.3 Å². The minimum absolute atomic E-state index is 0.205. The molecule has 7 nitrogen and oxygen atoms in total. The molecule has 1 amide bonds. The number of methoxy groups -OCH3 is 1. The molecule has 0 bridgehead atoms. The van der Waals surface area contributed by atoms with Gasteiger partial charge >= 0.3 is 0 Å². The predicted molar refractivity (Wildman–Crippen MR) is 116 cm³/mol. The van der Waals surface area contributed by atoms with E-state index < -0.39 is 12.2 Å². The molecular weight excluding hydrogens is 420 g/mol. The largest absolute Gasteiger partial charge is 0.497 e. The van der Waals surface area contributed by atoms with Crippen LogP contribution in [0, 0.1) is 0 Å². The number of carbonyl (C=O) groups excluding carboxylic acids is 1. The molecule has 1 aliphatic heterocycles. The maximum Gasteiger partial charge on any atom is 0.276 e. The topological polar surface area (TPSA) is 85.0 Å². The Morgan fingerprint density at radius 3 is 2.71 bits per heavy atom. The van der Waals surface area contributed by atoms with Gasteiger partial charge in [0.1, 0.15) is 17.6 Å². The van der Waals surface area contributed by atoms with E-state index in [1.165, 1.54) is 0 Å². The van der Waals surface area contributed by atoms with E-state index >= 15 is 0 Å². The van der Waals surface area contributed by atoms with Gasteiger partial charge in [-0.2, -0.15) is 0 Å². The first-order valence-corrected chi connectivity index (χ1v) is 10.4. The standard InChI is InChI=1S/C23H23ClN2O5/c1-29-15-5-4-6-16(13-15)30-21-10-12-26(11-9-20(21)27)23(28)19-14-22(31-25-19)17-7-2-3-8-18(17)24/h2-8,13-14,20-21,27H,9-12H2,1H3/t20-,21-/m0/s1. The Hall–Kier alpha value is -3.03. The van der Waals surface area contributed by atoms with E-state index in [2.05, 4.69) is 5.16 Å². The molecule has 0 radical (unpaired) electrons. The van der Waals surface area contributed by atoms with Crippen LogP contribution in [0.5, 0.6) is 11.5 Å². The number of benzene rings is 2. The van der Waals surface area contributed by atoms with Crippen LogP contribution < -0.4 is 9.47 Å². The summed E-state index contributed by atoms with van der Waals surface area (Å²) in [7, 11) is 1.59. The van der Waals surface area contributed by atoms with Gasteiger partial charge in [0.05, 0.1) is 18.2 Å². The molecule has 1 aliphatic rings. The Labute approximate surface area is 185 Å². The first kappa shape index (κ1) is 21.2. The lowest BCUT2D eigenvalue weighted by atomic mass is 10.1. The van der Waals surface area contributed by atoms with Crippen molar-refractivity contribution in [2.45, 2.75) is 25.0 Å². The zero-order valence-electron chi connectivity index (χ0n) is 17.0. The van der Waals surface area contributed by atoms with E-state index in [0.717, 1.165) is 0 Å². The van der Waals surface area contributed by atoms with Gasteiger partial charge < -0.3 is 24.0 Å². The van der Waals surface area contributed by atoms with Crippen LogP contribution in [0.4, 0.5) is 0 Å². The van der Waals surface area contributed by atoms with Crippen LogP contribution in [0.2, 0.25) is 5.02 Å². The number of nitrogens with zero attached hydrogens (tertiary/aromatic N) is 2. The van der Waals surface area contributed by atoms with Crippen molar-refractivity contribution in [1.29, 1.82) is 0 Å². The number of hydrogen-bond acceptors (Lipinski definition) is 6. The highest BCUT2D eigenvalue weighted by Gasteiger charge is 2.30. The van der Waals surface area contributed by atoms with Gasteiger partial charge in [-0.15, -0.1) is 0 Å². The van der Waals surface area contributed by atoms with Crippen LogP contribution in [0.1, 0.15) is 23.3 Å². The smallest absolute Gasteiger partial charge is 0.276 e. The molecule has 1 aromatic heterocycles. The third-order valence-corrected chi connectivity index (χ3v) is 5.62. The highest BCUT2D eigenvalue weighted by Crippen LogP contribution is 2.29. The van der Waals surface area contributed by atoms with Crippen LogP contribution in [-0.4, -0.2) is 53.5 Å². The summed E-state index contributed by atoms with van der Waals surface area (Å²) < 4.78 is 16.5. The van der Waals surface area contributed by atoms with Crippen molar-refractivity contribution in [2.75, 3.05) is 20.2 Å². The number of aliphatic hydroxyl groups excluding tert-OH is 1. The number of hydrogen-bond donors (Lipinski definition) is 1. The first-order valence-electron chi connectivity index (χ1n) is 10.0. The van der Waals surface area contributed by atoms with Crippen molar-refractivity contribution in [3.05, 3.63) is 65.3 Å². The summed E-state index contributed by atoms with van der Waals surface area (Å²) in [6.07, 6.45) is -0.240. The van der Waals surface area contributed by atoms with Crippen molar-refractivity contribution in [3.63, 3.8) is 0 Å². The van der Waals surface area contributed by atoms with Crippen molar-refractivity contribution < 1.29 is 23.9 Å². The fraction of sp³-hybridized carbons (Fsp3) is 0.304. The SMILES string of the molecule is COc1cccc(O[C@H]2CCN(C(=O)c3cc(-c4ccccc4Cl)on3)CC[C@@H]2O)c1. The Morgan fingerprint density at radius 2 is 1.90 bits per heavy atom. The van der Waals surface area contributed by atoms with Gasteiger partial charge in [-0.05, 0) is 30.7 Å². The van der Waals surface area contributed by atoms with E-state index in [9.17, 15) is 9.90 Å². The van der Waals surface area contributed by atoms with E-state index in [-0.39, 0.29) is 11.6 Å². The Kier molecular flexibility index (Phi) is 6.44. The molecule has 0 saturated carbocycles. The average Bonchev–Trinajstić information content (AvgIpc) is 3.20. The second-order valence-electron chi connectivity index (χ2n) is 7.33. The van der Waals surface area contributed by atoms with Crippen LogP contribution in [0.25, 0.3) is 11.3 Å². The summed E-state index contributed by atoms with van der Waals surface area (Å²) in [5, 5.41) is 15.0. The zero-order chi connectivity index (χ0) is 21.8. The molecule has 0 aliphatic carbocycles. The van der Waals surface area contributed by atoms with Crippen LogP contribution in [0.3, 0.4) is 0 Å². The fourth-order valence-electron chi connectivity index (χ4n) is 3.58. The zero-order valence-corrected chi connectivity index (χ0v) is 17.8. The molecule has 2 atom stereocenters. The quantitative estimate of drug-likeness (QED) is 0.641. The van der Waals surface area contributed by atoms with Crippen LogP contribution in [-0.2, 0) is 0 Å². The maximum atomic E-state index is 13.0. The number of carbonyl (C=O) groups is 1. The number of aromatic nitrogens is 1. The van der Waals surface area contributed by atoms with Gasteiger partial charge in [0.25, 0.3) is 5.91 Å². The molecule has 2 heterocycles. The summed E-state index contributed by atoms with van der Waals surface area (Å²) >= 11 is 6.20. The molecule has 4 rings (SSSR count). The number of aliphatic hydroxyl groups is 1. The van der Waals surface area contributed by atoms with E-state index in [4.69, 9.17) is 25.6 Å². The number of likely N-dealkylation sites (tertiary alicyclic amines) is 1. The van der Waals surface area contributed by atoms with Crippen molar-refractivity contribution in [2.24, 2.45) is 0 Å². The number of halogens is 1. The van der Waals surface area contributed by atoms with Gasteiger partial charge in [0.2, 0.25) is 0 Å². The third kappa shape index (κ3) is 4.84. The summed E-state index contributed by atoms with van der Waals surface area (Å²) in [6, 6.07) is 16.0. The lowest BCUT2D eigenvalue weighted by Crippen LogP contribution is -2.32. The normalized spacial score (nSPS) is 19.0. The molecule has 1 fully saturated rings. The molecule has 0 unspecified atom stereocenters. The van der Waals surface area contributed by atoms with Gasteiger partial charge in [0, 0.05) is 37.2 Å². The highest BCUT2D eigenvalue weighted by molar-refractivity contribution is 6.33. The van der Waals surface area contributed by atoms with Crippen molar-refractivity contribution in [1.82, 2.24) is 10.1 Å². The highest BCUT2D eigenvalue weighted by atomic mass is 35.5. The van der Waals surface area contributed by atoms with Crippen molar-refractivity contribution >= 4 is 17.5 Å². The molecule has 1 N–H and O–H groups in total. The molecule has 3 aromatic rings. The summed E-state index contributed by atoms with van der Waals surface area (Å²) in [5.41, 5.74) is 0.880. The van der Waals surface area contributed by atoms with Gasteiger partial charge in [-0.25, -0.2) is 0 Å². The number of amides is 1. The number of rotatable bonds is 5. The molecule has 1 saturated heterocycles. The monoisotopic (exact) mass is 442 g/mol. The number of ether oxygens (including phenoxy) is 2. The molecular formula is C23H23ClN2O5. The maximum absolute atomic E-state index is 13.0. The lowest BCUT2D eigenvalue weighted by molar-refractivity contribution is 0.0349. The average molecular weight is 443 g/mol. The molecule has 8 heteroatoms. The van der Waals surface area contributed by atoms with Crippen molar-refractivity contribution in [3.8, 4) is 22.8 Å². The Bertz CT molecular complexity index is 1050. The van der Waals surface area contributed by atoms with Gasteiger partial charge in [-0.3, -0.25) is 4.79 Å². The second-order valence-corrected chi connectivity index (χ2v) is 7.74. The minimum atomic E-state index is -0.694. The Morgan fingerprint density at radius 1 is 1.13 bits per heavy atom. The summed E-state index contributed by atoms with van der Waals surface area (Å²) in [5.74, 6) is 1.47. The van der Waals surface area contributed by atoms with Crippen LogP contribution in [0.15, 0.2) is 59.1 Å². The van der Waals surface area contributed by atoms with Gasteiger partial charge in [0.15, 0.2) is 11.5 Å². The Balaban J connectivity index is 1.43. The van der Waals surface area contributed by atoms with Gasteiger partial charge in [-0.1, -0.05) is 35.0 Å². The van der Waals surface area contributed by atoms with E-state index in [0.29, 0.717) is 53.8 Å². The third-order valence-electron chi connectivity index (χ3n) is 5.29. The molecule has 0 spiro atoms. The summed E-state index contributed by atoms with van der Waals surface area (Å²) in [4.78, 5) is 14.6. The molecule has 162 valence electrons. The lowest BCUT2D eigenvalue weighted by Gasteiger charge is -2.22. The molecule has 2 aromatic carbocycles. The second kappa shape index (κ2) is 9.41. The predicted octanol–water partition coefficient (Wildman–Crippen LogP) is 4.05. The fourth-order valence-corrected chi connectivity index (χ4v) is 3.81. The molecule has 31 heavy (non-hydrogen) atoms. The first-order chi connectivity index (χ1) is 15.0. The minimum Gasteiger partial charge on any atom is -0.497 e. The van der Waals surface area contributed by atoms with Crippen LogP contribution >= 0.6 is 11.6 Å².